The Morgan fingerprint density at radius 3 is 1.61 bits per heavy atom. The molecule has 0 atom stereocenters. The van der Waals surface area contributed by atoms with Crippen LogP contribution in [0.15, 0.2) is 126 Å². The van der Waals surface area contributed by atoms with E-state index in [1.165, 1.54) is 73.0 Å². The van der Waals surface area contributed by atoms with Crippen LogP contribution in [-0.4, -0.2) is 4.57 Å². The first kappa shape index (κ1) is 22.3. The van der Waals surface area contributed by atoms with Gasteiger partial charge in [-0.1, -0.05) is 84.9 Å². The fourth-order valence-corrected chi connectivity index (χ4v) is 9.14. The molecule has 0 radical (unpaired) electrons. The number of para-hydroxylation sites is 2. The fraction of sp³-hybridized carbons (Fsp3) is 0. The van der Waals surface area contributed by atoms with Gasteiger partial charge in [-0.15, -0.1) is 22.7 Å². The van der Waals surface area contributed by atoms with E-state index in [2.05, 4.69) is 142 Å². The molecule has 3 heterocycles. The van der Waals surface area contributed by atoms with Gasteiger partial charge in [0.15, 0.2) is 0 Å². The van der Waals surface area contributed by atoms with Gasteiger partial charge in [-0.25, -0.2) is 0 Å². The van der Waals surface area contributed by atoms with E-state index in [1.807, 2.05) is 22.7 Å². The van der Waals surface area contributed by atoms with Gasteiger partial charge in [-0.3, -0.25) is 0 Å². The normalized spacial score (nSPS) is 11.8. The zero-order valence-electron chi connectivity index (χ0n) is 20.2. The summed E-state index contributed by atoms with van der Waals surface area (Å²) >= 11 is 7.70. The van der Waals surface area contributed by atoms with Gasteiger partial charge in [0.05, 0.1) is 20.8 Å². The summed E-state index contributed by atoms with van der Waals surface area (Å²) in [4.78, 5) is 2.62. The van der Waals surface area contributed by atoms with E-state index in [0.717, 1.165) is 0 Å². The molecule has 4 heteroatoms. The van der Waals surface area contributed by atoms with Gasteiger partial charge in [-0.05, 0) is 57.9 Å². The third kappa shape index (κ3) is 3.27. The molecule has 180 valence electrons. The zero-order chi connectivity index (χ0) is 25.2. The summed E-state index contributed by atoms with van der Waals surface area (Å²) < 4.78 is 6.18. The van der Waals surface area contributed by atoms with Crippen molar-refractivity contribution in [1.82, 2.24) is 4.57 Å². The molecule has 0 fully saturated rings. The summed E-state index contributed by atoms with van der Waals surface area (Å²) in [7, 11) is 0. The molecule has 3 aromatic heterocycles. The highest BCUT2D eigenvalue weighted by Gasteiger charge is 2.21. The first-order chi connectivity index (χ1) is 18.8. The van der Waals surface area contributed by atoms with Gasteiger partial charge in [0.1, 0.15) is 0 Å². The molecule has 0 bridgehead atoms. The molecule has 0 saturated heterocycles. The molecule has 38 heavy (non-hydrogen) atoms. The lowest BCUT2D eigenvalue weighted by atomic mass is 10.0. The van der Waals surface area contributed by atoms with Gasteiger partial charge in [-0.2, -0.15) is 0 Å². The second-order valence-corrected chi connectivity index (χ2v) is 12.4. The largest absolute Gasteiger partial charge is 0.309 e. The second kappa shape index (κ2) is 8.67. The minimum atomic E-state index is 1.18. The molecular weight excluding hydrogens is 566 g/mol. The summed E-state index contributed by atoms with van der Waals surface area (Å²) in [5.74, 6) is 0. The minimum absolute atomic E-state index is 1.18. The third-order valence-corrected chi connectivity index (χ3v) is 10.9. The van der Waals surface area contributed by atoms with Crippen LogP contribution < -0.4 is 0 Å². The lowest BCUT2D eigenvalue weighted by Crippen LogP contribution is -1.93. The molecule has 8 aromatic rings. The van der Waals surface area contributed by atoms with Gasteiger partial charge in [0.25, 0.3) is 0 Å². The summed E-state index contributed by atoms with van der Waals surface area (Å²) in [5.41, 5.74) is 6.20. The van der Waals surface area contributed by atoms with E-state index >= 15 is 0 Å². The van der Waals surface area contributed by atoms with Crippen molar-refractivity contribution in [3.8, 4) is 26.6 Å². The van der Waals surface area contributed by atoms with Crippen LogP contribution in [0.1, 0.15) is 0 Å². The average molecular weight is 587 g/mol. The van der Waals surface area contributed by atoms with Crippen molar-refractivity contribution in [3.05, 3.63) is 126 Å². The summed E-state index contributed by atoms with van der Waals surface area (Å²) in [6.45, 7) is 0. The van der Waals surface area contributed by atoms with E-state index in [-0.39, 0.29) is 0 Å². The number of thiophene rings is 2. The van der Waals surface area contributed by atoms with Crippen molar-refractivity contribution in [2.75, 3.05) is 0 Å². The summed E-state index contributed by atoms with van der Waals surface area (Å²) in [5, 5.41) is 5.15. The third-order valence-electron chi connectivity index (χ3n) is 7.33. The predicted molar refractivity (Wildman–Crippen MR) is 170 cm³/mol. The van der Waals surface area contributed by atoms with E-state index in [9.17, 15) is 0 Å². The maximum absolute atomic E-state index is 3.95. The molecule has 8 rings (SSSR count). The smallest absolute Gasteiger partial charge is 0.0604 e. The molecule has 1 nitrogen and oxygen atoms in total. The predicted octanol–water partition coefficient (Wildman–Crippen LogP) is 11.3. The molecule has 5 aromatic carbocycles. The lowest BCUT2D eigenvalue weighted by Gasteiger charge is -2.10. The van der Waals surface area contributed by atoms with Crippen LogP contribution in [0.3, 0.4) is 0 Å². The maximum atomic E-state index is 3.95. The average Bonchev–Trinajstić information content (AvgIpc) is 3.63. The second-order valence-electron chi connectivity index (χ2n) is 9.46. The Bertz CT molecular complexity index is 2090. The zero-order valence-corrected chi connectivity index (χ0v) is 23.4. The topological polar surface area (TPSA) is 4.93 Å². The molecule has 0 spiro atoms. The fourth-order valence-electron chi connectivity index (χ4n) is 5.63. The Morgan fingerprint density at radius 2 is 0.974 bits per heavy atom. The number of fused-ring (bicyclic) bond motifs is 5. The molecule has 0 saturated carbocycles. The Morgan fingerprint density at radius 1 is 0.474 bits per heavy atom. The van der Waals surface area contributed by atoms with E-state index in [0.29, 0.717) is 0 Å². The number of benzene rings is 5. The van der Waals surface area contributed by atoms with Crippen LogP contribution >= 0.6 is 38.6 Å². The Hall–Kier alpha value is -3.70. The van der Waals surface area contributed by atoms with Crippen LogP contribution in [-0.2, 0) is 0 Å². The first-order valence-electron chi connectivity index (χ1n) is 12.6. The Kier molecular flexibility index (Phi) is 5.09. The quantitative estimate of drug-likeness (QED) is 0.194. The van der Waals surface area contributed by atoms with Crippen LogP contribution in [0.2, 0.25) is 0 Å². The van der Waals surface area contributed by atoms with Gasteiger partial charge >= 0.3 is 0 Å². The van der Waals surface area contributed by atoms with Gasteiger partial charge in [0, 0.05) is 46.7 Å². The highest BCUT2D eigenvalue weighted by atomic mass is 79.9. The van der Waals surface area contributed by atoms with Crippen molar-refractivity contribution in [2.45, 2.75) is 0 Å². The van der Waals surface area contributed by atoms with Crippen molar-refractivity contribution in [2.24, 2.45) is 0 Å². The maximum Gasteiger partial charge on any atom is 0.0604 e. The van der Waals surface area contributed by atoms with E-state index < -0.39 is 0 Å². The molecule has 0 amide bonds. The van der Waals surface area contributed by atoms with Crippen molar-refractivity contribution >= 4 is 80.6 Å². The van der Waals surface area contributed by atoms with E-state index in [1.54, 1.807) is 0 Å². The van der Waals surface area contributed by atoms with Gasteiger partial charge < -0.3 is 4.57 Å². The number of rotatable bonds is 3. The molecule has 0 unspecified atom stereocenters. The van der Waals surface area contributed by atoms with Crippen molar-refractivity contribution < 1.29 is 0 Å². The number of aromatic nitrogens is 1. The first-order valence-corrected chi connectivity index (χ1v) is 15.0. The summed E-state index contributed by atoms with van der Waals surface area (Å²) in [6.07, 6.45) is 0. The molecule has 0 N–H and O–H groups in total. The summed E-state index contributed by atoms with van der Waals surface area (Å²) in [6, 6.07) is 43.9. The standard InChI is InChI=1S/C34H20BrNS2/c35-32-26-12-4-8-16-30(26)38-34(32)33-31(25-11-3-7-15-29(25)37-33)21-17-19-22(20-18-21)36-27-13-5-1-9-23(27)24-10-2-6-14-28(24)36/h1-20H. The van der Waals surface area contributed by atoms with Crippen molar-refractivity contribution in [1.29, 1.82) is 0 Å². The number of halogens is 1. The number of nitrogens with zero attached hydrogens (tertiary/aromatic N) is 1. The van der Waals surface area contributed by atoms with Crippen LogP contribution in [0, 0.1) is 0 Å². The SMILES string of the molecule is Brc1c(-c2sc3ccccc3c2-c2ccc(-n3c4ccccc4c4ccccc43)cc2)sc2ccccc12. The number of hydrogen-bond acceptors (Lipinski definition) is 2. The Labute approximate surface area is 236 Å². The molecular formula is C34H20BrNS2. The van der Waals surface area contributed by atoms with E-state index in [4.69, 9.17) is 0 Å². The Balaban J connectivity index is 1.34. The van der Waals surface area contributed by atoms with Crippen LogP contribution in [0.5, 0.6) is 0 Å². The van der Waals surface area contributed by atoms with Crippen LogP contribution in [0.25, 0.3) is 68.5 Å². The number of hydrogen-bond donors (Lipinski definition) is 0. The lowest BCUT2D eigenvalue weighted by molar-refractivity contribution is 1.18. The molecule has 0 aliphatic rings. The molecule has 0 aliphatic carbocycles. The minimum Gasteiger partial charge on any atom is -0.309 e. The highest BCUT2D eigenvalue weighted by molar-refractivity contribution is 9.10. The van der Waals surface area contributed by atoms with Crippen LogP contribution in [0.4, 0.5) is 0 Å². The highest BCUT2D eigenvalue weighted by Crippen LogP contribution is 2.51. The molecule has 0 aliphatic heterocycles. The van der Waals surface area contributed by atoms with Gasteiger partial charge in [0.2, 0.25) is 0 Å². The van der Waals surface area contributed by atoms with Crippen molar-refractivity contribution in [3.63, 3.8) is 0 Å². The monoisotopic (exact) mass is 585 g/mol.